The first-order chi connectivity index (χ1) is 14.6. The lowest BCUT2D eigenvalue weighted by Gasteiger charge is -2.41. The van der Waals surface area contributed by atoms with Crippen molar-refractivity contribution in [3.05, 3.63) is 41.7 Å². The molecule has 0 saturated carbocycles. The van der Waals surface area contributed by atoms with Gasteiger partial charge in [0.05, 0.1) is 17.1 Å². The number of nitrogens with zero attached hydrogens (tertiary/aromatic N) is 4. The Hall–Kier alpha value is -1.86. The van der Waals surface area contributed by atoms with Gasteiger partial charge in [0.25, 0.3) is 0 Å². The van der Waals surface area contributed by atoms with Crippen molar-refractivity contribution in [1.82, 2.24) is 14.5 Å². The average molecular weight is 447 g/mol. The van der Waals surface area contributed by atoms with Crippen molar-refractivity contribution in [1.29, 1.82) is 0 Å². The van der Waals surface area contributed by atoms with Crippen molar-refractivity contribution in [2.24, 2.45) is 5.92 Å². The summed E-state index contributed by atoms with van der Waals surface area (Å²) < 4.78 is 27.7. The lowest BCUT2D eigenvalue weighted by atomic mass is 10.1. The number of hydrogen-bond donors (Lipinski definition) is 0. The Morgan fingerprint density at radius 3 is 2.35 bits per heavy atom. The largest absolute Gasteiger partial charge is 0.369 e. The molecule has 1 atom stereocenters. The summed E-state index contributed by atoms with van der Waals surface area (Å²) in [6, 6.07) is 9.09. The van der Waals surface area contributed by atoms with E-state index in [2.05, 4.69) is 66.7 Å². The van der Waals surface area contributed by atoms with Gasteiger partial charge in [-0.15, -0.1) is 0 Å². The number of benzene rings is 1. The molecule has 1 aliphatic heterocycles. The topological polar surface area (TPSA) is 58.4 Å². The van der Waals surface area contributed by atoms with Crippen LogP contribution in [0.4, 0.5) is 5.69 Å². The maximum absolute atomic E-state index is 12.9. The molecule has 2 heterocycles. The number of sulfone groups is 1. The third-order valence-electron chi connectivity index (χ3n) is 6.24. The summed E-state index contributed by atoms with van der Waals surface area (Å²) in [4.78, 5) is 9.27. The second kappa shape index (κ2) is 9.74. The number of piperazine rings is 1. The Balaban J connectivity index is 1.77. The van der Waals surface area contributed by atoms with E-state index in [4.69, 9.17) is 0 Å². The Morgan fingerprint density at radius 2 is 1.77 bits per heavy atom. The second-order valence-corrected chi connectivity index (χ2v) is 12.0. The van der Waals surface area contributed by atoms with E-state index in [-0.39, 0.29) is 5.16 Å². The summed E-state index contributed by atoms with van der Waals surface area (Å²) in [5.41, 5.74) is 3.54. The van der Waals surface area contributed by atoms with Crippen molar-refractivity contribution < 1.29 is 8.42 Å². The fraction of sp³-hybridized carbons (Fsp3) is 0.625. The van der Waals surface area contributed by atoms with Crippen LogP contribution in [-0.4, -0.2) is 53.8 Å². The van der Waals surface area contributed by atoms with Gasteiger partial charge in [-0.2, -0.15) is 0 Å². The van der Waals surface area contributed by atoms with Crippen LogP contribution in [0.3, 0.4) is 0 Å². The van der Waals surface area contributed by atoms with Crippen LogP contribution in [0, 0.1) is 12.8 Å². The molecule has 1 aliphatic rings. The van der Waals surface area contributed by atoms with E-state index in [9.17, 15) is 8.42 Å². The molecule has 7 heteroatoms. The molecule has 0 N–H and O–H groups in total. The number of rotatable bonds is 8. The number of anilines is 1. The summed E-state index contributed by atoms with van der Waals surface area (Å²) in [5, 5.41) is -0.248. The third-order valence-corrected chi connectivity index (χ3v) is 8.31. The van der Waals surface area contributed by atoms with Crippen LogP contribution in [0.25, 0.3) is 0 Å². The van der Waals surface area contributed by atoms with E-state index < -0.39 is 15.1 Å². The van der Waals surface area contributed by atoms with Gasteiger partial charge >= 0.3 is 0 Å². The van der Waals surface area contributed by atoms with Crippen LogP contribution < -0.4 is 4.90 Å². The van der Waals surface area contributed by atoms with Gasteiger partial charge in [0.1, 0.15) is 0 Å². The van der Waals surface area contributed by atoms with Crippen molar-refractivity contribution in [2.45, 2.75) is 77.5 Å². The lowest BCUT2D eigenvalue weighted by molar-refractivity contribution is 0.176. The predicted octanol–water partition coefficient (Wildman–Crippen LogP) is 4.13. The van der Waals surface area contributed by atoms with Crippen molar-refractivity contribution in [3.8, 4) is 0 Å². The summed E-state index contributed by atoms with van der Waals surface area (Å²) in [5.74, 6) is 0.502. The van der Waals surface area contributed by atoms with E-state index >= 15 is 0 Å². The SMILES string of the molecule is Cc1ccc(N2CCN(Cc3cnc(S(=O)(=O)C(C)C)n3CCC(C)C)C(C)C2)cc1. The molecule has 0 radical (unpaired) electrons. The zero-order chi connectivity index (χ0) is 22.8. The van der Waals surface area contributed by atoms with Crippen molar-refractivity contribution in [3.63, 3.8) is 0 Å². The van der Waals surface area contributed by atoms with Crippen LogP contribution in [0.15, 0.2) is 35.6 Å². The Kier molecular flexibility index (Phi) is 7.47. The molecule has 1 aromatic carbocycles. The maximum atomic E-state index is 12.9. The van der Waals surface area contributed by atoms with E-state index in [1.165, 1.54) is 11.3 Å². The molecule has 6 nitrogen and oxygen atoms in total. The Morgan fingerprint density at radius 1 is 1.10 bits per heavy atom. The van der Waals surface area contributed by atoms with Gasteiger partial charge in [0.15, 0.2) is 0 Å². The monoisotopic (exact) mass is 446 g/mol. The molecule has 0 spiro atoms. The highest BCUT2D eigenvalue weighted by Crippen LogP contribution is 2.23. The molecule has 1 unspecified atom stereocenters. The van der Waals surface area contributed by atoms with Gasteiger partial charge in [0, 0.05) is 44.5 Å². The summed E-state index contributed by atoms with van der Waals surface area (Å²) in [6.45, 7) is 16.4. The van der Waals surface area contributed by atoms with Gasteiger partial charge in [-0.05, 0) is 52.2 Å². The van der Waals surface area contributed by atoms with Crippen LogP contribution in [0.5, 0.6) is 0 Å². The molecule has 0 amide bonds. The zero-order valence-corrected chi connectivity index (χ0v) is 20.7. The fourth-order valence-corrected chi connectivity index (χ4v) is 5.15. The predicted molar refractivity (Wildman–Crippen MR) is 127 cm³/mol. The van der Waals surface area contributed by atoms with Gasteiger partial charge in [-0.1, -0.05) is 31.5 Å². The summed E-state index contributed by atoms with van der Waals surface area (Å²) >= 11 is 0. The minimum Gasteiger partial charge on any atom is -0.369 e. The first-order valence-corrected chi connectivity index (χ1v) is 13.0. The summed E-state index contributed by atoms with van der Waals surface area (Å²) in [7, 11) is -3.41. The van der Waals surface area contributed by atoms with Gasteiger partial charge in [-0.25, -0.2) is 13.4 Å². The average Bonchev–Trinajstić information content (AvgIpc) is 3.11. The molecule has 172 valence electrons. The number of aryl methyl sites for hydroxylation is 1. The number of imidazole rings is 1. The molecule has 0 bridgehead atoms. The van der Waals surface area contributed by atoms with Crippen LogP contribution in [0.2, 0.25) is 0 Å². The molecule has 1 fully saturated rings. The Bertz CT molecular complexity index is 964. The molecule has 1 aromatic heterocycles. The van der Waals surface area contributed by atoms with Crippen LogP contribution in [0.1, 0.15) is 52.3 Å². The van der Waals surface area contributed by atoms with Gasteiger partial charge in [0.2, 0.25) is 15.0 Å². The molecule has 31 heavy (non-hydrogen) atoms. The molecule has 0 aliphatic carbocycles. The van der Waals surface area contributed by atoms with Crippen molar-refractivity contribution >= 4 is 15.5 Å². The van der Waals surface area contributed by atoms with Crippen LogP contribution >= 0.6 is 0 Å². The normalized spacial score (nSPS) is 18.3. The maximum Gasteiger partial charge on any atom is 0.228 e. The van der Waals surface area contributed by atoms with Crippen molar-refractivity contribution in [2.75, 3.05) is 24.5 Å². The third kappa shape index (κ3) is 5.50. The van der Waals surface area contributed by atoms with E-state index in [0.29, 0.717) is 18.5 Å². The number of aromatic nitrogens is 2. The first kappa shape index (κ1) is 23.8. The highest BCUT2D eigenvalue weighted by atomic mass is 32.2. The molecular formula is C24H38N4O2S. The quantitative estimate of drug-likeness (QED) is 0.610. The summed E-state index contributed by atoms with van der Waals surface area (Å²) in [6.07, 6.45) is 2.70. The van der Waals surface area contributed by atoms with Gasteiger partial charge < -0.3 is 9.47 Å². The first-order valence-electron chi connectivity index (χ1n) is 11.4. The van der Waals surface area contributed by atoms with E-state index in [1.807, 2.05) is 4.57 Å². The highest BCUT2D eigenvalue weighted by molar-refractivity contribution is 7.91. The second-order valence-electron chi connectivity index (χ2n) is 9.56. The van der Waals surface area contributed by atoms with E-state index in [1.54, 1.807) is 20.0 Å². The smallest absolute Gasteiger partial charge is 0.228 e. The Labute approximate surface area is 188 Å². The molecule has 2 aromatic rings. The van der Waals surface area contributed by atoms with Crippen LogP contribution in [-0.2, 0) is 22.9 Å². The minimum atomic E-state index is -3.41. The fourth-order valence-electron chi connectivity index (χ4n) is 4.01. The zero-order valence-electron chi connectivity index (χ0n) is 19.9. The van der Waals surface area contributed by atoms with E-state index in [0.717, 1.165) is 38.3 Å². The molecule has 1 saturated heterocycles. The standard InChI is InChI=1S/C24H38N4O2S/c1-18(2)11-12-28-23(15-25-24(28)31(29,30)19(3)4)17-26-13-14-27(16-21(26)6)22-9-7-20(5)8-10-22/h7-10,15,18-19,21H,11-14,16-17H2,1-6H3. The molecular weight excluding hydrogens is 408 g/mol. The number of hydrogen-bond acceptors (Lipinski definition) is 5. The highest BCUT2D eigenvalue weighted by Gasteiger charge is 2.29. The van der Waals surface area contributed by atoms with Gasteiger partial charge in [-0.3, -0.25) is 4.90 Å². The lowest BCUT2D eigenvalue weighted by Crippen LogP contribution is -2.51. The minimum absolute atomic E-state index is 0.226. The molecule has 3 rings (SSSR count).